The molecule has 2 aliphatic rings. The second kappa shape index (κ2) is 5.42. The van der Waals surface area contributed by atoms with E-state index in [4.69, 9.17) is 0 Å². The smallest absolute Gasteiger partial charge is 0.243 e. The topological polar surface area (TPSA) is 66.5 Å². The summed E-state index contributed by atoms with van der Waals surface area (Å²) in [6.45, 7) is 0. The maximum atomic E-state index is 12.7. The van der Waals surface area contributed by atoms with E-state index in [1.807, 2.05) is 0 Å². The highest BCUT2D eigenvalue weighted by molar-refractivity contribution is 7.89. The van der Waals surface area contributed by atoms with E-state index >= 15 is 0 Å². The molecule has 0 atom stereocenters. The van der Waals surface area contributed by atoms with E-state index in [1.165, 1.54) is 10.7 Å². The molecule has 1 aromatic rings. The molecule has 114 valence electrons. The first kappa shape index (κ1) is 14.5. The Morgan fingerprint density at radius 3 is 2.62 bits per heavy atom. The highest BCUT2D eigenvalue weighted by atomic mass is 32.2. The molecule has 1 aliphatic heterocycles. The maximum absolute atomic E-state index is 12.7. The number of carbonyl (C=O) groups is 1. The zero-order valence-electron chi connectivity index (χ0n) is 12.1. The molecule has 0 spiro atoms. The number of benzene rings is 1. The lowest BCUT2D eigenvalue weighted by Crippen LogP contribution is -2.38. The van der Waals surface area contributed by atoms with Crippen LogP contribution in [0, 0.1) is 0 Å². The minimum Gasteiger partial charge on any atom is -0.326 e. The first-order chi connectivity index (χ1) is 9.98. The number of nitrogens with zero attached hydrogens (tertiary/aromatic N) is 1. The molecule has 1 N–H and O–H groups in total. The first-order valence-electron chi connectivity index (χ1n) is 7.39. The Balaban J connectivity index is 1.88. The zero-order valence-corrected chi connectivity index (χ0v) is 12.9. The highest BCUT2D eigenvalue weighted by Gasteiger charge is 2.30. The molecule has 0 radical (unpaired) electrons. The summed E-state index contributed by atoms with van der Waals surface area (Å²) < 4.78 is 27.0. The van der Waals surface area contributed by atoms with E-state index in [-0.39, 0.29) is 23.3 Å². The number of rotatable bonds is 3. The van der Waals surface area contributed by atoms with Crippen LogP contribution in [0.2, 0.25) is 0 Å². The normalized spacial score (nSPS) is 19.6. The van der Waals surface area contributed by atoms with Crippen molar-refractivity contribution in [3.05, 3.63) is 23.8 Å². The molecule has 1 fully saturated rings. The van der Waals surface area contributed by atoms with Gasteiger partial charge in [0.15, 0.2) is 0 Å². The molecule has 1 aliphatic carbocycles. The van der Waals surface area contributed by atoms with E-state index in [2.05, 4.69) is 5.32 Å². The van der Waals surface area contributed by atoms with Crippen molar-refractivity contribution in [2.24, 2.45) is 0 Å². The van der Waals surface area contributed by atoms with Crippen LogP contribution in [0.4, 0.5) is 5.69 Å². The van der Waals surface area contributed by atoms with Gasteiger partial charge >= 0.3 is 0 Å². The van der Waals surface area contributed by atoms with Gasteiger partial charge in [0.25, 0.3) is 0 Å². The third-order valence-corrected chi connectivity index (χ3v) is 6.37. The van der Waals surface area contributed by atoms with Crippen LogP contribution in [0.15, 0.2) is 23.1 Å². The minimum absolute atomic E-state index is 0.0832. The molecule has 6 heteroatoms. The van der Waals surface area contributed by atoms with Gasteiger partial charge in [0, 0.05) is 18.8 Å². The van der Waals surface area contributed by atoms with Gasteiger partial charge in [0.1, 0.15) is 0 Å². The third-order valence-electron chi connectivity index (χ3n) is 4.47. The third kappa shape index (κ3) is 2.70. The fraction of sp³-hybridized carbons (Fsp3) is 0.533. The average Bonchev–Trinajstić information content (AvgIpc) is 2.86. The Hall–Kier alpha value is -1.40. The number of fused-ring (bicyclic) bond motifs is 1. The molecule has 1 saturated carbocycles. The van der Waals surface area contributed by atoms with Crippen LogP contribution in [0.3, 0.4) is 0 Å². The van der Waals surface area contributed by atoms with Gasteiger partial charge in [0.05, 0.1) is 11.3 Å². The summed E-state index contributed by atoms with van der Waals surface area (Å²) in [6, 6.07) is 4.99. The van der Waals surface area contributed by atoms with Crippen molar-refractivity contribution < 1.29 is 13.2 Å². The Labute approximate surface area is 125 Å². The van der Waals surface area contributed by atoms with Crippen LogP contribution < -0.4 is 5.32 Å². The fourth-order valence-electron chi connectivity index (χ4n) is 3.17. The van der Waals surface area contributed by atoms with Crippen molar-refractivity contribution in [2.45, 2.75) is 49.5 Å². The Morgan fingerprint density at radius 1 is 1.19 bits per heavy atom. The SMILES string of the molecule is CN(C1CCCCC1)S(=O)(=O)c1ccc2c(c1)CC(=O)N2. The van der Waals surface area contributed by atoms with Gasteiger partial charge in [0.2, 0.25) is 15.9 Å². The van der Waals surface area contributed by atoms with Crippen molar-refractivity contribution in [3.63, 3.8) is 0 Å². The van der Waals surface area contributed by atoms with E-state index in [0.717, 1.165) is 36.9 Å². The molecule has 0 unspecified atom stereocenters. The van der Waals surface area contributed by atoms with Crippen LogP contribution in [0.1, 0.15) is 37.7 Å². The van der Waals surface area contributed by atoms with Gasteiger partial charge in [-0.05, 0) is 36.6 Å². The summed E-state index contributed by atoms with van der Waals surface area (Å²) in [5.41, 5.74) is 1.48. The van der Waals surface area contributed by atoms with Crippen molar-refractivity contribution in [1.29, 1.82) is 0 Å². The van der Waals surface area contributed by atoms with Crippen LogP contribution >= 0.6 is 0 Å². The summed E-state index contributed by atoms with van der Waals surface area (Å²) in [4.78, 5) is 11.7. The summed E-state index contributed by atoms with van der Waals surface area (Å²) in [5, 5.41) is 2.72. The fourth-order valence-corrected chi connectivity index (χ4v) is 4.64. The van der Waals surface area contributed by atoms with Crippen molar-refractivity contribution in [2.75, 3.05) is 12.4 Å². The van der Waals surface area contributed by atoms with Gasteiger partial charge < -0.3 is 5.32 Å². The molecule has 1 heterocycles. The largest absolute Gasteiger partial charge is 0.326 e. The lowest BCUT2D eigenvalue weighted by Gasteiger charge is -2.30. The summed E-state index contributed by atoms with van der Waals surface area (Å²) >= 11 is 0. The predicted molar refractivity (Wildman–Crippen MR) is 80.6 cm³/mol. The number of carbonyl (C=O) groups excluding carboxylic acids is 1. The van der Waals surface area contributed by atoms with Gasteiger partial charge in [-0.1, -0.05) is 19.3 Å². The molecule has 0 aromatic heterocycles. The predicted octanol–water partition coefficient (Wildman–Crippen LogP) is 2.13. The van der Waals surface area contributed by atoms with Gasteiger partial charge in [-0.2, -0.15) is 4.31 Å². The molecule has 5 nitrogen and oxygen atoms in total. The van der Waals surface area contributed by atoms with Crippen LogP contribution in [0.5, 0.6) is 0 Å². The van der Waals surface area contributed by atoms with Gasteiger partial charge in [-0.25, -0.2) is 8.42 Å². The monoisotopic (exact) mass is 308 g/mol. The lowest BCUT2D eigenvalue weighted by atomic mass is 9.96. The highest BCUT2D eigenvalue weighted by Crippen LogP contribution is 2.30. The molecular weight excluding hydrogens is 288 g/mol. The van der Waals surface area contributed by atoms with Crippen LogP contribution in [0.25, 0.3) is 0 Å². The zero-order chi connectivity index (χ0) is 15.0. The van der Waals surface area contributed by atoms with Crippen molar-refractivity contribution in [1.82, 2.24) is 4.31 Å². The molecule has 21 heavy (non-hydrogen) atoms. The number of hydrogen-bond donors (Lipinski definition) is 1. The second-order valence-electron chi connectivity index (χ2n) is 5.86. The van der Waals surface area contributed by atoms with E-state index < -0.39 is 10.0 Å². The van der Waals surface area contributed by atoms with Crippen LogP contribution in [-0.2, 0) is 21.2 Å². The van der Waals surface area contributed by atoms with Crippen molar-refractivity contribution in [3.8, 4) is 0 Å². The quantitative estimate of drug-likeness (QED) is 0.930. The Kier molecular flexibility index (Phi) is 3.75. The molecule has 1 aromatic carbocycles. The average molecular weight is 308 g/mol. The number of nitrogens with one attached hydrogen (secondary N) is 1. The lowest BCUT2D eigenvalue weighted by molar-refractivity contribution is -0.115. The van der Waals surface area contributed by atoms with Crippen molar-refractivity contribution >= 4 is 21.6 Å². The molecular formula is C15H20N2O3S. The number of amides is 1. The molecule has 1 amide bonds. The van der Waals surface area contributed by atoms with E-state index in [9.17, 15) is 13.2 Å². The summed E-state index contributed by atoms with van der Waals surface area (Å²) in [7, 11) is -1.81. The maximum Gasteiger partial charge on any atom is 0.243 e. The van der Waals surface area contributed by atoms with Gasteiger partial charge in [-0.3, -0.25) is 4.79 Å². The Bertz CT molecular complexity index is 663. The first-order valence-corrected chi connectivity index (χ1v) is 8.83. The number of hydrogen-bond acceptors (Lipinski definition) is 3. The van der Waals surface area contributed by atoms with E-state index in [1.54, 1.807) is 25.2 Å². The number of sulfonamides is 1. The molecule has 0 saturated heterocycles. The van der Waals surface area contributed by atoms with E-state index in [0.29, 0.717) is 0 Å². The molecule has 3 rings (SSSR count). The van der Waals surface area contributed by atoms with Gasteiger partial charge in [-0.15, -0.1) is 0 Å². The Morgan fingerprint density at radius 2 is 1.90 bits per heavy atom. The second-order valence-corrected chi connectivity index (χ2v) is 7.85. The minimum atomic E-state index is -3.48. The number of anilines is 1. The van der Waals surface area contributed by atoms with Crippen LogP contribution in [-0.4, -0.2) is 31.7 Å². The molecule has 0 bridgehead atoms. The standard InChI is InChI=1S/C15H20N2O3S/c1-17(12-5-3-2-4-6-12)21(19,20)13-7-8-14-11(9-13)10-15(18)16-14/h7-9,12H,2-6,10H2,1H3,(H,16,18). The summed E-state index contributed by atoms with van der Waals surface area (Å²) in [5.74, 6) is -0.0832. The summed E-state index contributed by atoms with van der Waals surface area (Å²) in [6.07, 6.45) is 5.49.